The van der Waals surface area contributed by atoms with Crippen molar-refractivity contribution in [3.05, 3.63) is 29.8 Å². The molecule has 0 aliphatic carbocycles. The largest absolute Gasteiger partial charge is 0.508 e. The van der Waals surface area contributed by atoms with Crippen LogP contribution in [0.4, 0.5) is 0 Å². The molecular weight excluding hydrogens is 246 g/mol. The number of carboxylic acids is 1. The van der Waals surface area contributed by atoms with Gasteiger partial charge in [-0.15, -0.1) is 0 Å². The summed E-state index contributed by atoms with van der Waals surface area (Å²) in [6, 6.07) is 6.48. The van der Waals surface area contributed by atoms with Crippen LogP contribution in [0.2, 0.25) is 0 Å². The van der Waals surface area contributed by atoms with Crippen LogP contribution >= 0.6 is 0 Å². The first-order chi connectivity index (χ1) is 9.06. The van der Waals surface area contributed by atoms with Gasteiger partial charge in [-0.2, -0.15) is 0 Å². The molecule has 1 amide bonds. The summed E-state index contributed by atoms with van der Waals surface area (Å²) < 4.78 is 0. The molecule has 0 spiro atoms. The molecule has 102 valence electrons. The highest BCUT2D eigenvalue weighted by Gasteiger charge is 2.27. The van der Waals surface area contributed by atoms with Crippen LogP contribution in [0.15, 0.2) is 24.3 Å². The Bertz CT molecular complexity index is 469. The normalized spacial score (nSPS) is 19.2. The maximum Gasteiger partial charge on any atom is 0.308 e. The number of carboxylic acid groups (broad SMARTS) is 1. The van der Waals surface area contributed by atoms with E-state index in [1.54, 1.807) is 29.2 Å². The lowest BCUT2D eigenvalue weighted by Crippen LogP contribution is -2.42. The van der Waals surface area contributed by atoms with Gasteiger partial charge in [-0.05, 0) is 30.5 Å². The van der Waals surface area contributed by atoms with Crippen molar-refractivity contribution in [3.63, 3.8) is 0 Å². The maximum atomic E-state index is 12.1. The Balaban J connectivity index is 1.96. The molecule has 19 heavy (non-hydrogen) atoms. The van der Waals surface area contributed by atoms with E-state index in [-0.39, 0.29) is 18.1 Å². The van der Waals surface area contributed by atoms with E-state index in [4.69, 9.17) is 5.11 Å². The SMILES string of the molecule is O=C(O)C1CCCN(C(=O)Cc2ccc(O)cc2)C1. The minimum atomic E-state index is -0.831. The zero-order valence-corrected chi connectivity index (χ0v) is 10.6. The third kappa shape index (κ3) is 3.47. The van der Waals surface area contributed by atoms with Crippen molar-refractivity contribution in [2.75, 3.05) is 13.1 Å². The number of nitrogens with zero attached hydrogens (tertiary/aromatic N) is 1. The van der Waals surface area contributed by atoms with E-state index in [9.17, 15) is 14.7 Å². The van der Waals surface area contributed by atoms with Crippen molar-refractivity contribution in [2.24, 2.45) is 5.92 Å². The van der Waals surface area contributed by atoms with Gasteiger partial charge in [-0.3, -0.25) is 9.59 Å². The molecule has 1 aromatic carbocycles. The first-order valence-electron chi connectivity index (χ1n) is 6.35. The molecule has 1 aliphatic rings. The fraction of sp³-hybridized carbons (Fsp3) is 0.429. The van der Waals surface area contributed by atoms with Gasteiger partial charge in [0.05, 0.1) is 12.3 Å². The average molecular weight is 263 g/mol. The molecule has 1 aliphatic heterocycles. The molecule has 0 saturated carbocycles. The van der Waals surface area contributed by atoms with Crippen LogP contribution in [-0.4, -0.2) is 40.1 Å². The number of phenols is 1. The predicted molar refractivity (Wildman–Crippen MR) is 68.8 cm³/mol. The molecule has 2 N–H and O–H groups in total. The van der Waals surface area contributed by atoms with Crippen molar-refractivity contribution >= 4 is 11.9 Å². The topological polar surface area (TPSA) is 77.8 Å². The van der Waals surface area contributed by atoms with Crippen LogP contribution in [0.25, 0.3) is 0 Å². The van der Waals surface area contributed by atoms with E-state index < -0.39 is 11.9 Å². The van der Waals surface area contributed by atoms with Gasteiger partial charge in [0.2, 0.25) is 5.91 Å². The number of carbonyl (C=O) groups excluding carboxylic acids is 1. The fourth-order valence-electron chi connectivity index (χ4n) is 2.31. The fourth-order valence-corrected chi connectivity index (χ4v) is 2.31. The smallest absolute Gasteiger partial charge is 0.308 e. The number of hydrogen-bond acceptors (Lipinski definition) is 3. The first-order valence-corrected chi connectivity index (χ1v) is 6.35. The van der Waals surface area contributed by atoms with Crippen LogP contribution in [0.5, 0.6) is 5.75 Å². The second-order valence-electron chi connectivity index (χ2n) is 4.86. The van der Waals surface area contributed by atoms with Gasteiger partial charge in [-0.1, -0.05) is 12.1 Å². The van der Waals surface area contributed by atoms with Crippen LogP contribution in [0.1, 0.15) is 18.4 Å². The Morgan fingerprint density at radius 1 is 1.26 bits per heavy atom. The maximum absolute atomic E-state index is 12.1. The molecule has 2 rings (SSSR count). The summed E-state index contributed by atoms with van der Waals surface area (Å²) in [5.74, 6) is -1.17. The predicted octanol–water partition coefficient (Wildman–Crippen LogP) is 1.26. The van der Waals surface area contributed by atoms with E-state index >= 15 is 0 Å². The molecule has 1 atom stereocenters. The molecule has 1 saturated heterocycles. The molecule has 0 aromatic heterocycles. The van der Waals surface area contributed by atoms with Crippen molar-refractivity contribution < 1.29 is 19.8 Å². The quantitative estimate of drug-likeness (QED) is 0.860. The van der Waals surface area contributed by atoms with Gasteiger partial charge in [0.1, 0.15) is 5.75 Å². The number of aliphatic carboxylic acids is 1. The molecule has 1 aromatic rings. The number of aromatic hydroxyl groups is 1. The van der Waals surface area contributed by atoms with Crippen molar-refractivity contribution in [2.45, 2.75) is 19.3 Å². The standard InChI is InChI=1S/C14H17NO4/c16-12-5-3-10(4-6-12)8-13(17)15-7-1-2-11(9-15)14(18)19/h3-6,11,16H,1-2,7-9H2,(H,18,19). The van der Waals surface area contributed by atoms with Gasteiger partial charge in [0.25, 0.3) is 0 Å². The van der Waals surface area contributed by atoms with E-state index in [0.717, 1.165) is 12.0 Å². The molecule has 0 radical (unpaired) electrons. The molecule has 5 heteroatoms. The minimum absolute atomic E-state index is 0.0587. The number of hydrogen-bond donors (Lipinski definition) is 2. The summed E-state index contributed by atoms with van der Waals surface area (Å²) in [5.41, 5.74) is 0.820. The number of rotatable bonds is 3. The van der Waals surface area contributed by atoms with Gasteiger partial charge < -0.3 is 15.1 Å². The highest BCUT2D eigenvalue weighted by molar-refractivity contribution is 5.80. The van der Waals surface area contributed by atoms with Crippen LogP contribution < -0.4 is 0 Å². The van der Waals surface area contributed by atoms with Crippen molar-refractivity contribution in [1.82, 2.24) is 4.90 Å². The lowest BCUT2D eigenvalue weighted by molar-refractivity contribution is -0.145. The summed E-state index contributed by atoms with van der Waals surface area (Å²) >= 11 is 0. The van der Waals surface area contributed by atoms with E-state index in [2.05, 4.69) is 0 Å². The zero-order chi connectivity index (χ0) is 13.8. The molecule has 1 heterocycles. The van der Waals surface area contributed by atoms with Gasteiger partial charge in [0, 0.05) is 13.1 Å². The van der Waals surface area contributed by atoms with Crippen LogP contribution in [-0.2, 0) is 16.0 Å². The third-order valence-corrected chi connectivity index (χ3v) is 3.42. The third-order valence-electron chi connectivity index (χ3n) is 3.42. The lowest BCUT2D eigenvalue weighted by atomic mass is 9.97. The lowest BCUT2D eigenvalue weighted by Gasteiger charge is -2.30. The second-order valence-corrected chi connectivity index (χ2v) is 4.86. The highest BCUT2D eigenvalue weighted by Crippen LogP contribution is 2.18. The Hall–Kier alpha value is -2.04. The number of carbonyl (C=O) groups is 2. The summed E-state index contributed by atoms with van der Waals surface area (Å²) in [7, 11) is 0. The number of benzene rings is 1. The van der Waals surface area contributed by atoms with Crippen molar-refractivity contribution in [3.8, 4) is 5.75 Å². The van der Waals surface area contributed by atoms with E-state index in [1.165, 1.54) is 0 Å². The van der Waals surface area contributed by atoms with Crippen LogP contribution in [0, 0.1) is 5.92 Å². The number of phenolic OH excluding ortho intramolecular Hbond substituents is 1. The summed E-state index contributed by atoms with van der Waals surface area (Å²) in [5, 5.41) is 18.2. The minimum Gasteiger partial charge on any atom is -0.508 e. The molecular formula is C14H17NO4. The Labute approximate surface area is 111 Å². The zero-order valence-electron chi connectivity index (χ0n) is 10.6. The van der Waals surface area contributed by atoms with E-state index in [1.807, 2.05) is 0 Å². The van der Waals surface area contributed by atoms with Gasteiger partial charge in [-0.25, -0.2) is 0 Å². The number of amides is 1. The number of likely N-dealkylation sites (tertiary alicyclic amines) is 1. The van der Waals surface area contributed by atoms with E-state index in [0.29, 0.717) is 19.5 Å². The van der Waals surface area contributed by atoms with Crippen LogP contribution in [0.3, 0.4) is 0 Å². The van der Waals surface area contributed by atoms with Crippen molar-refractivity contribution in [1.29, 1.82) is 0 Å². The van der Waals surface area contributed by atoms with Gasteiger partial charge in [0.15, 0.2) is 0 Å². The molecule has 1 fully saturated rings. The molecule has 0 bridgehead atoms. The average Bonchev–Trinajstić information content (AvgIpc) is 2.41. The molecule has 1 unspecified atom stereocenters. The summed E-state index contributed by atoms with van der Waals surface area (Å²) in [4.78, 5) is 24.7. The Morgan fingerprint density at radius 3 is 2.58 bits per heavy atom. The van der Waals surface area contributed by atoms with Gasteiger partial charge >= 0.3 is 5.97 Å². The first kappa shape index (κ1) is 13.4. The summed E-state index contributed by atoms with van der Waals surface area (Å²) in [6.07, 6.45) is 1.61. The summed E-state index contributed by atoms with van der Waals surface area (Å²) in [6.45, 7) is 0.924. The Kier molecular flexibility index (Phi) is 4.04. The Morgan fingerprint density at radius 2 is 1.95 bits per heavy atom. The second kappa shape index (κ2) is 5.73. The highest BCUT2D eigenvalue weighted by atomic mass is 16.4. The molecule has 5 nitrogen and oxygen atoms in total. The monoisotopic (exact) mass is 263 g/mol. The number of piperidine rings is 1.